The van der Waals surface area contributed by atoms with E-state index in [-0.39, 0.29) is 0 Å². The van der Waals surface area contributed by atoms with Gasteiger partial charge in [0.1, 0.15) is 5.75 Å². The molecule has 0 bridgehead atoms. The van der Waals surface area contributed by atoms with Crippen molar-refractivity contribution in [2.45, 2.75) is 25.2 Å². The number of aryl methyl sites for hydroxylation is 1. The number of hydrogen-bond acceptors (Lipinski definition) is 2. The van der Waals surface area contributed by atoms with E-state index in [1.807, 2.05) is 18.2 Å². The number of halogens is 1. The molecule has 0 fully saturated rings. The third kappa shape index (κ3) is 4.25. The fraction of sp³-hybridized carbons (Fsp3) is 0.278. The molecule has 0 aliphatic rings. The van der Waals surface area contributed by atoms with Crippen LogP contribution in [0.15, 0.2) is 48.5 Å². The number of ether oxygens (including phenoxy) is 1. The Kier molecular flexibility index (Phi) is 5.84. The fourth-order valence-electron chi connectivity index (χ4n) is 2.54. The Morgan fingerprint density at radius 2 is 1.95 bits per heavy atom. The van der Waals surface area contributed by atoms with Crippen molar-refractivity contribution in [1.29, 1.82) is 0 Å². The molecule has 0 radical (unpaired) electrons. The quantitative estimate of drug-likeness (QED) is 0.815. The lowest BCUT2D eigenvalue weighted by Crippen LogP contribution is -2.13. The largest absolute Gasteiger partial charge is 0.496 e. The van der Waals surface area contributed by atoms with Crippen molar-refractivity contribution >= 4 is 17.6 Å². The Bertz CT molecular complexity index is 625. The highest BCUT2D eigenvalue weighted by Crippen LogP contribution is 2.33. The maximum Gasteiger partial charge on any atom is 0.311 e. The van der Waals surface area contributed by atoms with Crippen molar-refractivity contribution in [3.63, 3.8) is 0 Å². The molecule has 3 nitrogen and oxygen atoms in total. The number of rotatable bonds is 7. The SMILES string of the molecule is COc1ccc(Cl)cc1C(CCCc1ccccc1)C(=O)O. The third-order valence-electron chi connectivity index (χ3n) is 3.67. The zero-order chi connectivity index (χ0) is 15.9. The van der Waals surface area contributed by atoms with Crippen LogP contribution in [0.25, 0.3) is 0 Å². The van der Waals surface area contributed by atoms with Crippen LogP contribution in [-0.2, 0) is 11.2 Å². The van der Waals surface area contributed by atoms with Gasteiger partial charge in [0, 0.05) is 10.6 Å². The summed E-state index contributed by atoms with van der Waals surface area (Å²) >= 11 is 6.00. The number of hydrogen-bond donors (Lipinski definition) is 1. The molecular formula is C18H19ClO3. The first-order valence-corrected chi connectivity index (χ1v) is 7.59. The summed E-state index contributed by atoms with van der Waals surface area (Å²) in [6, 6.07) is 15.2. The second kappa shape index (κ2) is 7.85. The minimum atomic E-state index is -0.853. The summed E-state index contributed by atoms with van der Waals surface area (Å²) in [6.07, 6.45) is 2.19. The maximum absolute atomic E-state index is 11.6. The highest BCUT2D eigenvalue weighted by Gasteiger charge is 2.23. The first-order valence-electron chi connectivity index (χ1n) is 7.22. The van der Waals surface area contributed by atoms with Crippen molar-refractivity contribution in [2.24, 2.45) is 0 Å². The normalized spacial score (nSPS) is 11.9. The van der Waals surface area contributed by atoms with Crippen LogP contribution in [0, 0.1) is 0 Å². The number of methoxy groups -OCH3 is 1. The molecule has 0 aliphatic heterocycles. The van der Waals surface area contributed by atoms with Crippen molar-refractivity contribution in [1.82, 2.24) is 0 Å². The Labute approximate surface area is 135 Å². The smallest absolute Gasteiger partial charge is 0.311 e. The number of carbonyl (C=O) groups is 1. The molecule has 2 rings (SSSR count). The lowest BCUT2D eigenvalue weighted by atomic mass is 9.92. The number of carboxylic acids is 1. The van der Waals surface area contributed by atoms with Gasteiger partial charge in [0.05, 0.1) is 13.0 Å². The van der Waals surface area contributed by atoms with Gasteiger partial charge in [-0.15, -0.1) is 0 Å². The van der Waals surface area contributed by atoms with E-state index in [9.17, 15) is 9.90 Å². The van der Waals surface area contributed by atoms with Gasteiger partial charge < -0.3 is 9.84 Å². The molecule has 0 aliphatic carbocycles. The lowest BCUT2D eigenvalue weighted by Gasteiger charge is -2.16. The Hall–Kier alpha value is -2.00. The van der Waals surface area contributed by atoms with Gasteiger partial charge in [0.2, 0.25) is 0 Å². The predicted molar refractivity (Wildman–Crippen MR) is 87.8 cm³/mol. The second-order valence-electron chi connectivity index (χ2n) is 5.15. The molecule has 22 heavy (non-hydrogen) atoms. The lowest BCUT2D eigenvalue weighted by molar-refractivity contribution is -0.139. The molecule has 1 unspecified atom stereocenters. The highest BCUT2D eigenvalue weighted by molar-refractivity contribution is 6.30. The van der Waals surface area contributed by atoms with Gasteiger partial charge in [-0.3, -0.25) is 4.79 Å². The van der Waals surface area contributed by atoms with Crippen LogP contribution in [0.3, 0.4) is 0 Å². The topological polar surface area (TPSA) is 46.5 Å². The van der Waals surface area contributed by atoms with Crippen molar-refractivity contribution in [3.8, 4) is 5.75 Å². The Balaban J connectivity index is 2.10. The van der Waals surface area contributed by atoms with Crippen LogP contribution in [0.2, 0.25) is 5.02 Å². The van der Waals surface area contributed by atoms with E-state index in [1.165, 1.54) is 12.7 Å². The molecule has 0 amide bonds. The predicted octanol–water partition coefficient (Wildman–Crippen LogP) is 4.54. The van der Waals surface area contributed by atoms with E-state index < -0.39 is 11.9 Å². The van der Waals surface area contributed by atoms with Gasteiger partial charge >= 0.3 is 5.97 Å². The number of aliphatic carboxylic acids is 1. The van der Waals surface area contributed by atoms with Gasteiger partial charge in [0.15, 0.2) is 0 Å². The highest BCUT2D eigenvalue weighted by atomic mass is 35.5. The van der Waals surface area contributed by atoms with E-state index in [0.717, 1.165) is 12.8 Å². The summed E-state index contributed by atoms with van der Waals surface area (Å²) in [4.78, 5) is 11.6. The standard InChI is InChI=1S/C18H19ClO3/c1-22-17-11-10-14(19)12-16(17)15(18(20)21)9-5-8-13-6-3-2-4-7-13/h2-4,6-7,10-12,15H,5,8-9H2,1H3,(H,20,21). The van der Waals surface area contributed by atoms with E-state index in [2.05, 4.69) is 12.1 Å². The Morgan fingerprint density at radius 3 is 2.59 bits per heavy atom. The summed E-state index contributed by atoms with van der Waals surface area (Å²) in [5.41, 5.74) is 1.85. The molecule has 2 aromatic carbocycles. The van der Waals surface area contributed by atoms with Gasteiger partial charge in [0.25, 0.3) is 0 Å². The zero-order valence-electron chi connectivity index (χ0n) is 12.5. The van der Waals surface area contributed by atoms with Crippen molar-refractivity contribution in [2.75, 3.05) is 7.11 Å². The minimum Gasteiger partial charge on any atom is -0.496 e. The molecular weight excluding hydrogens is 300 g/mol. The van der Waals surface area contributed by atoms with Crippen LogP contribution >= 0.6 is 11.6 Å². The molecule has 0 aromatic heterocycles. The zero-order valence-corrected chi connectivity index (χ0v) is 13.2. The molecule has 2 aromatic rings. The van der Waals surface area contributed by atoms with E-state index >= 15 is 0 Å². The van der Waals surface area contributed by atoms with Crippen molar-refractivity contribution in [3.05, 3.63) is 64.7 Å². The molecule has 0 saturated heterocycles. The van der Waals surface area contributed by atoms with E-state index in [1.54, 1.807) is 18.2 Å². The van der Waals surface area contributed by atoms with Gasteiger partial charge in [-0.1, -0.05) is 41.9 Å². The molecule has 1 N–H and O–H groups in total. The first-order chi connectivity index (χ1) is 10.6. The number of benzene rings is 2. The van der Waals surface area contributed by atoms with Crippen LogP contribution in [0.1, 0.15) is 29.9 Å². The third-order valence-corrected chi connectivity index (χ3v) is 3.90. The monoisotopic (exact) mass is 318 g/mol. The average Bonchev–Trinajstić information content (AvgIpc) is 2.52. The van der Waals surface area contributed by atoms with E-state index in [0.29, 0.717) is 22.8 Å². The molecule has 4 heteroatoms. The second-order valence-corrected chi connectivity index (χ2v) is 5.59. The van der Waals surface area contributed by atoms with E-state index in [4.69, 9.17) is 16.3 Å². The van der Waals surface area contributed by atoms with Crippen molar-refractivity contribution < 1.29 is 14.6 Å². The fourth-order valence-corrected chi connectivity index (χ4v) is 2.73. The first kappa shape index (κ1) is 16.4. The Morgan fingerprint density at radius 1 is 1.23 bits per heavy atom. The summed E-state index contributed by atoms with van der Waals surface area (Å²) in [5.74, 6) is -0.900. The summed E-state index contributed by atoms with van der Waals surface area (Å²) < 4.78 is 5.27. The van der Waals surface area contributed by atoms with Crippen LogP contribution in [0.4, 0.5) is 0 Å². The van der Waals surface area contributed by atoms with Gasteiger partial charge in [-0.05, 0) is 43.0 Å². The number of carboxylic acid groups (broad SMARTS) is 1. The van der Waals surface area contributed by atoms with Crippen LogP contribution in [0.5, 0.6) is 5.75 Å². The van der Waals surface area contributed by atoms with Crippen LogP contribution in [-0.4, -0.2) is 18.2 Å². The molecule has 116 valence electrons. The molecule has 0 spiro atoms. The molecule has 0 saturated carbocycles. The van der Waals surface area contributed by atoms with Gasteiger partial charge in [-0.2, -0.15) is 0 Å². The van der Waals surface area contributed by atoms with Crippen LogP contribution < -0.4 is 4.74 Å². The van der Waals surface area contributed by atoms with Gasteiger partial charge in [-0.25, -0.2) is 0 Å². The summed E-state index contributed by atoms with van der Waals surface area (Å²) in [6.45, 7) is 0. The summed E-state index contributed by atoms with van der Waals surface area (Å²) in [5, 5.41) is 10.1. The minimum absolute atomic E-state index is 0.519. The average molecular weight is 319 g/mol. The molecule has 1 atom stereocenters. The molecule has 0 heterocycles. The maximum atomic E-state index is 11.6. The summed E-state index contributed by atoms with van der Waals surface area (Å²) in [7, 11) is 1.54.